The highest BCUT2D eigenvalue weighted by Crippen LogP contribution is 2.17. The predicted octanol–water partition coefficient (Wildman–Crippen LogP) is 3.02. The van der Waals surface area contributed by atoms with Crippen molar-refractivity contribution in [3.05, 3.63) is 36.4 Å². The molecule has 3 nitrogen and oxygen atoms in total. The van der Waals surface area contributed by atoms with Gasteiger partial charge >= 0.3 is 0 Å². The number of rotatable bonds is 5. The van der Waals surface area contributed by atoms with E-state index in [9.17, 15) is 0 Å². The Morgan fingerprint density at radius 2 is 1.94 bits per heavy atom. The summed E-state index contributed by atoms with van der Waals surface area (Å²) >= 11 is 0. The third kappa shape index (κ3) is 2.99. The number of hydrogen-bond acceptors (Lipinski definition) is 3. The van der Waals surface area contributed by atoms with Crippen molar-refractivity contribution in [1.29, 1.82) is 0 Å². The number of para-hydroxylation sites is 1. The number of hydrogen-bond donors (Lipinski definition) is 2. The van der Waals surface area contributed by atoms with Crippen molar-refractivity contribution >= 4 is 16.7 Å². The van der Waals surface area contributed by atoms with E-state index in [1.807, 2.05) is 24.3 Å². The van der Waals surface area contributed by atoms with Crippen LogP contribution in [0.5, 0.6) is 0 Å². The zero-order valence-corrected chi connectivity index (χ0v) is 11.1. The van der Waals surface area contributed by atoms with Gasteiger partial charge in [0.05, 0.1) is 5.52 Å². The summed E-state index contributed by atoms with van der Waals surface area (Å²) in [4.78, 5) is 4.63. The Morgan fingerprint density at radius 1 is 1.17 bits per heavy atom. The van der Waals surface area contributed by atoms with Crippen LogP contribution in [0.1, 0.15) is 20.3 Å². The second kappa shape index (κ2) is 5.83. The molecule has 0 saturated carbocycles. The van der Waals surface area contributed by atoms with Crippen LogP contribution in [-0.2, 0) is 0 Å². The van der Waals surface area contributed by atoms with E-state index >= 15 is 0 Å². The molecule has 0 saturated heterocycles. The smallest absolute Gasteiger partial charge is 0.126 e. The van der Waals surface area contributed by atoms with E-state index in [2.05, 4.69) is 36.3 Å². The van der Waals surface area contributed by atoms with Crippen LogP contribution in [0.4, 0.5) is 5.82 Å². The van der Waals surface area contributed by atoms with Crippen molar-refractivity contribution in [3.8, 4) is 0 Å². The minimum Gasteiger partial charge on any atom is -0.367 e. The SMILES string of the molecule is CC(C)C(CCN)Nc1ccc2ccccc2n1. The van der Waals surface area contributed by atoms with Crippen molar-refractivity contribution in [2.24, 2.45) is 11.7 Å². The molecule has 96 valence electrons. The molecule has 1 heterocycles. The van der Waals surface area contributed by atoms with Gasteiger partial charge in [0.1, 0.15) is 5.82 Å². The summed E-state index contributed by atoms with van der Waals surface area (Å²) in [5, 5.41) is 4.65. The molecule has 0 aliphatic heterocycles. The average molecular weight is 243 g/mol. The highest BCUT2D eigenvalue weighted by molar-refractivity contribution is 5.80. The molecule has 1 aromatic heterocycles. The van der Waals surface area contributed by atoms with Gasteiger partial charge in [-0.15, -0.1) is 0 Å². The molecule has 0 amide bonds. The first-order valence-corrected chi connectivity index (χ1v) is 6.53. The van der Waals surface area contributed by atoms with E-state index in [1.54, 1.807) is 0 Å². The summed E-state index contributed by atoms with van der Waals surface area (Å²) in [5.41, 5.74) is 6.68. The van der Waals surface area contributed by atoms with Crippen LogP contribution in [0.3, 0.4) is 0 Å². The van der Waals surface area contributed by atoms with E-state index in [0.717, 1.165) is 17.8 Å². The summed E-state index contributed by atoms with van der Waals surface area (Å²) in [6.45, 7) is 5.10. The van der Waals surface area contributed by atoms with Crippen molar-refractivity contribution < 1.29 is 0 Å². The summed E-state index contributed by atoms with van der Waals surface area (Å²) in [6, 6.07) is 12.7. The highest BCUT2D eigenvalue weighted by Gasteiger charge is 2.12. The molecule has 3 N–H and O–H groups in total. The fourth-order valence-electron chi connectivity index (χ4n) is 2.09. The van der Waals surface area contributed by atoms with E-state index < -0.39 is 0 Å². The third-order valence-electron chi connectivity index (χ3n) is 3.21. The second-order valence-corrected chi connectivity index (χ2v) is 4.96. The van der Waals surface area contributed by atoms with Gasteiger partial charge in [0.15, 0.2) is 0 Å². The van der Waals surface area contributed by atoms with Gasteiger partial charge in [-0.25, -0.2) is 4.98 Å². The molecule has 0 aliphatic rings. The molecule has 2 aromatic rings. The molecule has 1 unspecified atom stereocenters. The number of pyridine rings is 1. The zero-order valence-electron chi connectivity index (χ0n) is 11.1. The van der Waals surface area contributed by atoms with Gasteiger partial charge < -0.3 is 11.1 Å². The Labute approximate surface area is 108 Å². The fraction of sp³-hybridized carbons (Fsp3) is 0.400. The monoisotopic (exact) mass is 243 g/mol. The van der Waals surface area contributed by atoms with E-state index in [-0.39, 0.29) is 0 Å². The quantitative estimate of drug-likeness (QED) is 0.848. The molecule has 0 spiro atoms. The first-order chi connectivity index (χ1) is 8.70. The lowest BCUT2D eigenvalue weighted by Gasteiger charge is -2.22. The summed E-state index contributed by atoms with van der Waals surface area (Å²) in [5.74, 6) is 1.47. The lowest BCUT2D eigenvalue weighted by atomic mass is 10.0. The number of fused-ring (bicyclic) bond motifs is 1. The number of nitrogens with two attached hydrogens (primary N) is 1. The molecule has 2 rings (SSSR count). The number of anilines is 1. The number of nitrogens with one attached hydrogen (secondary N) is 1. The van der Waals surface area contributed by atoms with Crippen LogP contribution in [-0.4, -0.2) is 17.6 Å². The molecule has 0 radical (unpaired) electrons. The van der Waals surface area contributed by atoms with Gasteiger partial charge in [-0.05, 0) is 37.1 Å². The summed E-state index contributed by atoms with van der Waals surface area (Å²) < 4.78 is 0. The molecular formula is C15H21N3. The van der Waals surface area contributed by atoms with Crippen molar-refractivity contribution in [1.82, 2.24) is 4.98 Å². The minimum absolute atomic E-state index is 0.378. The molecule has 0 aliphatic carbocycles. The van der Waals surface area contributed by atoms with Gasteiger partial charge in [-0.2, -0.15) is 0 Å². The van der Waals surface area contributed by atoms with Crippen LogP contribution in [0.15, 0.2) is 36.4 Å². The Morgan fingerprint density at radius 3 is 2.67 bits per heavy atom. The maximum absolute atomic E-state index is 5.65. The Bertz CT molecular complexity index is 508. The standard InChI is InChI=1S/C15H21N3/c1-11(2)13(9-10-16)17-15-8-7-12-5-3-4-6-14(12)18-15/h3-8,11,13H,9-10,16H2,1-2H3,(H,17,18). The average Bonchev–Trinajstić information content (AvgIpc) is 2.38. The normalized spacial score (nSPS) is 12.9. The molecule has 1 aromatic carbocycles. The van der Waals surface area contributed by atoms with Gasteiger partial charge in [0.2, 0.25) is 0 Å². The number of nitrogens with zero attached hydrogens (tertiary/aromatic N) is 1. The maximum atomic E-state index is 5.65. The first kappa shape index (κ1) is 12.8. The summed E-state index contributed by atoms with van der Waals surface area (Å²) in [6.07, 6.45) is 0.964. The van der Waals surface area contributed by atoms with E-state index in [4.69, 9.17) is 5.73 Å². The largest absolute Gasteiger partial charge is 0.367 e. The van der Waals surface area contributed by atoms with Gasteiger partial charge in [0.25, 0.3) is 0 Å². The Hall–Kier alpha value is -1.61. The van der Waals surface area contributed by atoms with Gasteiger partial charge in [-0.3, -0.25) is 0 Å². The zero-order chi connectivity index (χ0) is 13.0. The Balaban J connectivity index is 2.20. The summed E-state index contributed by atoms with van der Waals surface area (Å²) in [7, 11) is 0. The molecule has 0 fully saturated rings. The van der Waals surface area contributed by atoms with Crippen molar-refractivity contribution in [2.45, 2.75) is 26.3 Å². The lowest BCUT2D eigenvalue weighted by molar-refractivity contribution is 0.497. The fourth-order valence-corrected chi connectivity index (χ4v) is 2.09. The molecule has 1 atom stereocenters. The van der Waals surface area contributed by atoms with Crippen molar-refractivity contribution in [3.63, 3.8) is 0 Å². The minimum atomic E-state index is 0.378. The maximum Gasteiger partial charge on any atom is 0.126 e. The van der Waals surface area contributed by atoms with E-state index in [0.29, 0.717) is 18.5 Å². The Kier molecular flexibility index (Phi) is 4.15. The van der Waals surface area contributed by atoms with Crippen LogP contribution in [0.25, 0.3) is 10.9 Å². The van der Waals surface area contributed by atoms with Crippen LogP contribution >= 0.6 is 0 Å². The molecule has 0 bridgehead atoms. The predicted molar refractivity (Wildman–Crippen MR) is 77.7 cm³/mol. The topological polar surface area (TPSA) is 50.9 Å². The van der Waals surface area contributed by atoms with Crippen LogP contribution < -0.4 is 11.1 Å². The molecule has 18 heavy (non-hydrogen) atoms. The van der Waals surface area contributed by atoms with Crippen molar-refractivity contribution in [2.75, 3.05) is 11.9 Å². The highest BCUT2D eigenvalue weighted by atomic mass is 15.0. The van der Waals surface area contributed by atoms with Gasteiger partial charge in [-0.1, -0.05) is 32.0 Å². The second-order valence-electron chi connectivity index (χ2n) is 4.96. The third-order valence-corrected chi connectivity index (χ3v) is 3.21. The van der Waals surface area contributed by atoms with E-state index in [1.165, 1.54) is 5.39 Å². The molecular weight excluding hydrogens is 222 g/mol. The van der Waals surface area contributed by atoms with Gasteiger partial charge in [0, 0.05) is 11.4 Å². The first-order valence-electron chi connectivity index (χ1n) is 6.53. The van der Waals surface area contributed by atoms with Crippen LogP contribution in [0.2, 0.25) is 0 Å². The number of aromatic nitrogens is 1. The lowest BCUT2D eigenvalue weighted by Crippen LogP contribution is -2.28. The molecule has 3 heteroatoms. The van der Waals surface area contributed by atoms with Crippen LogP contribution in [0, 0.1) is 5.92 Å². The number of benzene rings is 1.